The van der Waals surface area contributed by atoms with Crippen LogP contribution in [0.15, 0.2) is 18.5 Å². The highest BCUT2D eigenvalue weighted by Gasteiger charge is 2.21. The molecule has 118 valence electrons. The highest BCUT2D eigenvalue weighted by atomic mass is 35.5. The quantitative estimate of drug-likeness (QED) is 0.891. The summed E-state index contributed by atoms with van der Waals surface area (Å²) >= 11 is 1.35. The smallest absolute Gasteiger partial charge is 0.263 e. The number of nitrogens with one attached hydrogen (secondary N) is 2. The van der Waals surface area contributed by atoms with E-state index in [2.05, 4.69) is 25.6 Å². The van der Waals surface area contributed by atoms with Gasteiger partial charge in [-0.2, -0.15) is 0 Å². The lowest BCUT2D eigenvalue weighted by Crippen LogP contribution is -2.42. The molecule has 0 saturated carbocycles. The maximum absolute atomic E-state index is 12.4. The van der Waals surface area contributed by atoms with Crippen molar-refractivity contribution in [2.45, 2.75) is 25.8 Å². The van der Waals surface area contributed by atoms with Crippen molar-refractivity contribution in [1.29, 1.82) is 0 Å². The van der Waals surface area contributed by atoms with Crippen LogP contribution in [-0.4, -0.2) is 40.0 Å². The molecule has 1 fully saturated rings. The van der Waals surface area contributed by atoms with E-state index in [9.17, 15) is 4.79 Å². The molecule has 0 radical (unpaired) electrons. The Bertz CT molecular complexity index is 627. The summed E-state index contributed by atoms with van der Waals surface area (Å²) in [5, 5.41) is 7.06. The number of halogens is 1. The van der Waals surface area contributed by atoms with E-state index < -0.39 is 0 Å². The van der Waals surface area contributed by atoms with Crippen molar-refractivity contribution >= 4 is 29.7 Å². The van der Waals surface area contributed by atoms with Crippen LogP contribution in [0.3, 0.4) is 0 Å². The van der Waals surface area contributed by atoms with Crippen LogP contribution in [0.25, 0.3) is 10.8 Å². The minimum Gasteiger partial charge on any atom is -0.348 e. The zero-order valence-corrected chi connectivity index (χ0v) is 13.8. The van der Waals surface area contributed by atoms with Crippen molar-refractivity contribution in [3.05, 3.63) is 29.0 Å². The third kappa shape index (κ3) is 3.79. The number of carbonyl (C=O) groups excluding carboxylic acids is 1. The molecule has 1 aliphatic heterocycles. The lowest BCUT2D eigenvalue weighted by Gasteiger charge is -2.23. The van der Waals surface area contributed by atoms with Gasteiger partial charge in [-0.25, -0.2) is 15.0 Å². The summed E-state index contributed by atoms with van der Waals surface area (Å²) in [5.74, 6) is 0.519. The van der Waals surface area contributed by atoms with Gasteiger partial charge in [0, 0.05) is 18.4 Å². The van der Waals surface area contributed by atoms with E-state index in [4.69, 9.17) is 0 Å². The molecule has 1 aliphatic rings. The number of aryl methyl sites for hydroxylation is 1. The lowest BCUT2D eigenvalue weighted by molar-refractivity contribution is 0.0933. The average molecular weight is 340 g/mol. The molecule has 0 aliphatic carbocycles. The topological polar surface area (TPSA) is 79.8 Å². The van der Waals surface area contributed by atoms with Gasteiger partial charge < -0.3 is 10.6 Å². The summed E-state index contributed by atoms with van der Waals surface area (Å²) in [6, 6.07) is 2.01. The minimum absolute atomic E-state index is 0. The molecule has 0 aromatic carbocycles. The minimum atomic E-state index is -0.0425. The fourth-order valence-electron chi connectivity index (χ4n) is 2.33. The van der Waals surface area contributed by atoms with Gasteiger partial charge in [-0.3, -0.25) is 4.79 Å². The number of carbonyl (C=O) groups is 1. The second-order valence-corrected chi connectivity index (χ2v) is 6.00. The summed E-state index contributed by atoms with van der Waals surface area (Å²) in [6.45, 7) is 3.76. The van der Waals surface area contributed by atoms with Crippen LogP contribution in [-0.2, 0) is 0 Å². The maximum Gasteiger partial charge on any atom is 0.263 e. The van der Waals surface area contributed by atoms with E-state index in [0.717, 1.165) is 31.6 Å². The van der Waals surface area contributed by atoms with Crippen molar-refractivity contribution in [2.24, 2.45) is 0 Å². The first-order valence-corrected chi connectivity index (χ1v) is 7.82. The fourth-order valence-corrected chi connectivity index (χ4v) is 3.25. The first-order chi connectivity index (χ1) is 10.2. The van der Waals surface area contributed by atoms with Gasteiger partial charge in [-0.15, -0.1) is 23.7 Å². The zero-order valence-electron chi connectivity index (χ0n) is 12.2. The largest absolute Gasteiger partial charge is 0.348 e. The number of nitrogens with zero attached hydrogens (tertiary/aromatic N) is 3. The summed E-state index contributed by atoms with van der Waals surface area (Å²) in [5.41, 5.74) is 0.730. The Morgan fingerprint density at radius 2 is 2.00 bits per heavy atom. The number of piperidine rings is 1. The van der Waals surface area contributed by atoms with Crippen LogP contribution in [0.5, 0.6) is 0 Å². The molecular formula is C14H18ClN5OS. The first-order valence-electron chi connectivity index (χ1n) is 7.00. The van der Waals surface area contributed by atoms with Gasteiger partial charge in [-0.1, -0.05) is 0 Å². The molecule has 1 amide bonds. The van der Waals surface area contributed by atoms with Gasteiger partial charge in [0.05, 0.1) is 5.69 Å². The molecule has 8 heteroatoms. The fraction of sp³-hybridized carbons (Fsp3) is 0.429. The van der Waals surface area contributed by atoms with E-state index in [0.29, 0.717) is 15.7 Å². The number of amides is 1. The molecule has 1 saturated heterocycles. The molecule has 0 bridgehead atoms. The van der Waals surface area contributed by atoms with E-state index >= 15 is 0 Å². The molecule has 0 atom stereocenters. The number of rotatable bonds is 3. The van der Waals surface area contributed by atoms with E-state index in [1.807, 2.05) is 6.92 Å². The van der Waals surface area contributed by atoms with E-state index in [-0.39, 0.29) is 24.4 Å². The third-order valence-corrected chi connectivity index (χ3v) is 4.59. The highest BCUT2D eigenvalue weighted by Crippen LogP contribution is 2.25. The number of thiazole rings is 1. The Labute approximate surface area is 139 Å². The molecule has 2 aromatic rings. The summed E-state index contributed by atoms with van der Waals surface area (Å²) in [7, 11) is 0. The summed E-state index contributed by atoms with van der Waals surface area (Å²) in [6.07, 6.45) is 5.29. The van der Waals surface area contributed by atoms with Crippen LogP contribution in [0.4, 0.5) is 0 Å². The third-order valence-electron chi connectivity index (χ3n) is 3.43. The lowest BCUT2D eigenvalue weighted by atomic mass is 10.1. The van der Waals surface area contributed by atoms with Gasteiger partial charge in [-0.05, 0) is 38.9 Å². The van der Waals surface area contributed by atoms with E-state index in [1.165, 1.54) is 11.3 Å². The van der Waals surface area contributed by atoms with Crippen LogP contribution in [0.1, 0.15) is 28.2 Å². The summed E-state index contributed by atoms with van der Waals surface area (Å²) < 4.78 is 0. The SMILES string of the molecule is Cc1nc(-c2ncccn2)sc1C(=O)NC1CCNCC1.Cl. The molecule has 0 unspecified atom stereocenters. The van der Waals surface area contributed by atoms with Crippen molar-refractivity contribution in [3.63, 3.8) is 0 Å². The molecule has 6 nitrogen and oxygen atoms in total. The standard InChI is InChI=1S/C14H17N5OS.ClH/c1-9-11(13(20)19-10-3-7-15-8-4-10)21-14(18-9)12-16-5-2-6-17-12;/h2,5-6,10,15H,3-4,7-8H2,1H3,(H,19,20);1H. The van der Waals surface area contributed by atoms with Crippen molar-refractivity contribution in [2.75, 3.05) is 13.1 Å². The van der Waals surface area contributed by atoms with Gasteiger partial charge >= 0.3 is 0 Å². The van der Waals surface area contributed by atoms with Crippen LogP contribution >= 0.6 is 23.7 Å². The van der Waals surface area contributed by atoms with Crippen LogP contribution in [0.2, 0.25) is 0 Å². The average Bonchev–Trinajstić information content (AvgIpc) is 2.91. The predicted octanol–water partition coefficient (Wildman–Crippen LogP) is 1.81. The highest BCUT2D eigenvalue weighted by molar-refractivity contribution is 7.17. The van der Waals surface area contributed by atoms with Crippen molar-refractivity contribution in [3.8, 4) is 10.8 Å². The van der Waals surface area contributed by atoms with Crippen LogP contribution < -0.4 is 10.6 Å². The molecule has 2 N–H and O–H groups in total. The monoisotopic (exact) mass is 339 g/mol. The number of hydrogen-bond acceptors (Lipinski definition) is 6. The van der Waals surface area contributed by atoms with Gasteiger partial charge in [0.15, 0.2) is 10.8 Å². The van der Waals surface area contributed by atoms with Gasteiger partial charge in [0.25, 0.3) is 5.91 Å². The first kappa shape index (κ1) is 16.8. The maximum atomic E-state index is 12.4. The Balaban J connectivity index is 0.00000176. The van der Waals surface area contributed by atoms with Crippen LogP contribution in [0, 0.1) is 6.92 Å². The molecule has 0 spiro atoms. The normalized spacial score (nSPS) is 15.1. The molecule has 3 heterocycles. The predicted molar refractivity (Wildman–Crippen MR) is 88.5 cm³/mol. The summed E-state index contributed by atoms with van der Waals surface area (Å²) in [4.78, 5) is 25.8. The Kier molecular flexibility index (Phi) is 5.82. The molecular weight excluding hydrogens is 322 g/mol. The Morgan fingerprint density at radius 1 is 1.32 bits per heavy atom. The number of aromatic nitrogens is 3. The van der Waals surface area contributed by atoms with Crippen molar-refractivity contribution in [1.82, 2.24) is 25.6 Å². The van der Waals surface area contributed by atoms with Gasteiger partial charge in [0.1, 0.15) is 4.88 Å². The Morgan fingerprint density at radius 3 is 2.68 bits per heavy atom. The Hall–Kier alpha value is -1.57. The zero-order chi connectivity index (χ0) is 14.7. The van der Waals surface area contributed by atoms with E-state index in [1.54, 1.807) is 18.5 Å². The molecule has 2 aromatic heterocycles. The van der Waals surface area contributed by atoms with Gasteiger partial charge in [0.2, 0.25) is 0 Å². The molecule has 22 heavy (non-hydrogen) atoms. The number of hydrogen-bond donors (Lipinski definition) is 2. The van der Waals surface area contributed by atoms with Crippen molar-refractivity contribution < 1.29 is 4.79 Å². The second kappa shape index (κ2) is 7.62. The second-order valence-electron chi connectivity index (χ2n) is 5.00. The molecule has 3 rings (SSSR count).